The van der Waals surface area contributed by atoms with Crippen molar-refractivity contribution in [2.24, 2.45) is 5.73 Å². The Labute approximate surface area is 112 Å². The first-order chi connectivity index (χ1) is 9.12. The van der Waals surface area contributed by atoms with Crippen LogP contribution in [0.4, 0.5) is 4.39 Å². The molecule has 3 N–H and O–H groups in total. The molecule has 1 aromatic rings. The highest BCUT2D eigenvalue weighted by Crippen LogP contribution is 2.17. The van der Waals surface area contributed by atoms with Crippen molar-refractivity contribution in [3.8, 4) is 0 Å². The highest BCUT2D eigenvalue weighted by Gasteiger charge is 2.35. The third-order valence-corrected chi connectivity index (χ3v) is 3.47. The molecule has 2 rings (SSSR count). The van der Waals surface area contributed by atoms with Gasteiger partial charge in [0, 0.05) is 19.8 Å². The quantitative estimate of drug-likeness (QED) is 0.854. The summed E-state index contributed by atoms with van der Waals surface area (Å²) in [6.07, 6.45) is 1.52. The number of nitrogens with two attached hydrogens (primary N) is 1. The van der Waals surface area contributed by atoms with Crippen molar-refractivity contribution in [3.05, 3.63) is 35.6 Å². The van der Waals surface area contributed by atoms with E-state index in [2.05, 4.69) is 5.32 Å². The van der Waals surface area contributed by atoms with E-state index in [1.807, 2.05) is 0 Å². The Kier molecular flexibility index (Phi) is 4.50. The van der Waals surface area contributed by atoms with Gasteiger partial charge in [0.25, 0.3) is 0 Å². The average Bonchev–Trinajstić information content (AvgIpc) is 2.41. The Balaban J connectivity index is 1.82. The van der Waals surface area contributed by atoms with E-state index in [-0.39, 0.29) is 11.7 Å². The van der Waals surface area contributed by atoms with E-state index in [0.29, 0.717) is 44.6 Å². The fourth-order valence-corrected chi connectivity index (χ4v) is 2.15. The van der Waals surface area contributed by atoms with Gasteiger partial charge < -0.3 is 15.8 Å². The molecule has 19 heavy (non-hydrogen) atoms. The molecule has 1 aromatic carbocycles. The van der Waals surface area contributed by atoms with Crippen molar-refractivity contribution in [1.29, 1.82) is 0 Å². The van der Waals surface area contributed by atoms with E-state index in [1.54, 1.807) is 18.2 Å². The molecule has 1 saturated heterocycles. The second kappa shape index (κ2) is 6.12. The molecule has 1 aliphatic heterocycles. The van der Waals surface area contributed by atoms with Crippen molar-refractivity contribution in [3.63, 3.8) is 0 Å². The zero-order valence-electron chi connectivity index (χ0n) is 10.8. The predicted molar refractivity (Wildman–Crippen MR) is 70.1 cm³/mol. The van der Waals surface area contributed by atoms with Gasteiger partial charge in [0.1, 0.15) is 5.82 Å². The minimum absolute atomic E-state index is 0.174. The van der Waals surface area contributed by atoms with Crippen LogP contribution in [0, 0.1) is 5.82 Å². The number of halogens is 1. The topological polar surface area (TPSA) is 64.4 Å². The van der Waals surface area contributed by atoms with Gasteiger partial charge in [-0.1, -0.05) is 18.2 Å². The molecular weight excluding hydrogens is 247 g/mol. The molecule has 0 atom stereocenters. The predicted octanol–water partition coefficient (Wildman–Crippen LogP) is 0.992. The molecule has 0 radical (unpaired) electrons. The number of carbonyl (C=O) groups is 1. The first-order valence-electron chi connectivity index (χ1n) is 6.50. The van der Waals surface area contributed by atoms with Crippen LogP contribution < -0.4 is 11.1 Å². The van der Waals surface area contributed by atoms with Crippen LogP contribution in [0.3, 0.4) is 0 Å². The van der Waals surface area contributed by atoms with E-state index >= 15 is 0 Å². The molecule has 5 heteroatoms. The van der Waals surface area contributed by atoms with Gasteiger partial charge in [-0.15, -0.1) is 0 Å². The number of benzene rings is 1. The van der Waals surface area contributed by atoms with E-state index < -0.39 is 5.54 Å². The maximum atomic E-state index is 13.4. The van der Waals surface area contributed by atoms with E-state index in [4.69, 9.17) is 10.5 Å². The van der Waals surface area contributed by atoms with Crippen LogP contribution in [0.25, 0.3) is 0 Å². The van der Waals surface area contributed by atoms with Gasteiger partial charge in [0.2, 0.25) is 5.91 Å². The van der Waals surface area contributed by atoms with Crippen molar-refractivity contribution < 1.29 is 13.9 Å². The largest absolute Gasteiger partial charge is 0.381 e. The van der Waals surface area contributed by atoms with Crippen LogP contribution in [0.2, 0.25) is 0 Å². The van der Waals surface area contributed by atoms with Crippen molar-refractivity contribution in [2.45, 2.75) is 24.8 Å². The molecule has 1 amide bonds. The smallest absolute Gasteiger partial charge is 0.240 e. The summed E-state index contributed by atoms with van der Waals surface area (Å²) in [6, 6.07) is 6.56. The number of amides is 1. The number of hydrogen-bond donors (Lipinski definition) is 2. The normalized spacial score (nSPS) is 18.0. The van der Waals surface area contributed by atoms with Crippen LogP contribution >= 0.6 is 0 Å². The third-order valence-electron chi connectivity index (χ3n) is 3.47. The average molecular weight is 266 g/mol. The molecule has 0 bridgehead atoms. The lowest BCUT2D eigenvalue weighted by atomic mass is 9.90. The number of nitrogens with one attached hydrogen (secondary N) is 1. The fraction of sp³-hybridized carbons (Fsp3) is 0.500. The number of rotatable bonds is 4. The molecule has 4 nitrogen and oxygen atoms in total. The maximum Gasteiger partial charge on any atom is 0.240 e. The minimum atomic E-state index is -0.840. The summed E-state index contributed by atoms with van der Waals surface area (Å²) in [5.74, 6) is -0.419. The van der Waals surface area contributed by atoms with Gasteiger partial charge in [0.05, 0.1) is 5.54 Å². The summed E-state index contributed by atoms with van der Waals surface area (Å²) < 4.78 is 18.6. The lowest BCUT2D eigenvalue weighted by Crippen LogP contribution is -2.57. The van der Waals surface area contributed by atoms with Gasteiger partial charge in [0.15, 0.2) is 0 Å². The Morgan fingerprint density at radius 2 is 2.05 bits per heavy atom. The number of carbonyl (C=O) groups excluding carboxylic acids is 1. The molecule has 0 saturated carbocycles. The van der Waals surface area contributed by atoms with Crippen LogP contribution in [0.15, 0.2) is 24.3 Å². The molecule has 1 fully saturated rings. The summed E-state index contributed by atoms with van der Waals surface area (Å²) in [6.45, 7) is 1.41. The fourth-order valence-electron chi connectivity index (χ4n) is 2.15. The number of hydrogen-bond acceptors (Lipinski definition) is 3. The highest BCUT2D eigenvalue weighted by atomic mass is 19.1. The van der Waals surface area contributed by atoms with E-state index in [1.165, 1.54) is 6.07 Å². The van der Waals surface area contributed by atoms with Gasteiger partial charge >= 0.3 is 0 Å². The standard InChI is InChI=1S/C14H19FN2O2/c15-12-4-2-1-3-11(12)5-8-17-13(18)14(16)6-9-19-10-7-14/h1-4H,5-10,16H2,(H,17,18). The van der Waals surface area contributed by atoms with Gasteiger partial charge in [-0.25, -0.2) is 4.39 Å². The summed E-state index contributed by atoms with van der Waals surface area (Å²) in [7, 11) is 0. The van der Waals surface area contributed by atoms with Crippen LogP contribution in [-0.2, 0) is 16.0 Å². The summed E-state index contributed by atoms with van der Waals surface area (Å²) in [4.78, 5) is 12.0. The Hall–Kier alpha value is -1.46. The highest BCUT2D eigenvalue weighted by molar-refractivity contribution is 5.86. The molecule has 0 spiro atoms. The summed E-state index contributed by atoms with van der Waals surface area (Å²) >= 11 is 0. The summed E-state index contributed by atoms with van der Waals surface area (Å²) in [5, 5.41) is 2.78. The Bertz CT molecular complexity index is 445. The van der Waals surface area contributed by atoms with Crippen LogP contribution in [0.5, 0.6) is 0 Å². The second-order valence-corrected chi connectivity index (χ2v) is 4.87. The first-order valence-corrected chi connectivity index (χ1v) is 6.50. The second-order valence-electron chi connectivity index (χ2n) is 4.87. The van der Waals surface area contributed by atoms with E-state index in [0.717, 1.165) is 0 Å². The number of ether oxygens (including phenoxy) is 1. The van der Waals surface area contributed by atoms with Gasteiger partial charge in [-0.05, 0) is 30.9 Å². The summed E-state index contributed by atoms with van der Waals surface area (Å²) in [5.41, 5.74) is 5.80. The first kappa shape index (κ1) is 14.0. The van der Waals surface area contributed by atoms with E-state index in [9.17, 15) is 9.18 Å². The molecule has 1 heterocycles. The molecule has 1 aliphatic rings. The Morgan fingerprint density at radius 3 is 2.74 bits per heavy atom. The molecule has 104 valence electrons. The van der Waals surface area contributed by atoms with Gasteiger partial charge in [-0.2, -0.15) is 0 Å². The van der Waals surface area contributed by atoms with Crippen molar-refractivity contribution in [1.82, 2.24) is 5.32 Å². The third kappa shape index (κ3) is 3.52. The zero-order chi connectivity index (χ0) is 13.7. The van der Waals surface area contributed by atoms with Crippen molar-refractivity contribution in [2.75, 3.05) is 19.8 Å². The SMILES string of the molecule is NC1(C(=O)NCCc2ccccc2F)CCOCC1. The molecule has 0 aromatic heterocycles. The lowest BCUT2D eigenvalue weighted by molar-refractivity contribution is -0.129. The van der Waals surface area contributed by atoms with Crippen molar-refractivity contribution >= 4 is 5.91 Å². The van der Waals surface area contributed by atoms with Gasteiger partial charge in [-0.3, -0.25) is 4.79 Å². The molecular formula is C14H19FN2O2. The zero-order valence-corrected chi connectivity index (χ0v) is 10.8. The maximum absolute atomic E-state index is 13.4. The lowest BCUT2D eigenvalue weighted by Gasteiger charge is -2.31. The Morgan fingerprint density at radius 1 is 1.37 bits per heavy atom. The minimum Gasteiger partial charge on any atom is -0.381 e. The molecule has 0 aliphatic carbocycles. The monoisotopic (exact) mass is 266 g/mol. The van der Waals surface area contributed by atoms with Crippen LogP contribution in [0.1, 0.15) is 18.4 Å². The molecule has 0 unspecified atom stereocenters. The van der Waals surface area contributed by atoms with Crippen LogP contribution in [-0.4, -0.2) is 31.2 Å².